The van der Waals surface area contributed by atoms with Crippen molar-refractivity contribution in [3.8, 4) is 0 Å². The molecule has 2 nitrogen and oxygen atoms in total. The molecule has 1 aromatic carbocycles. The van der Waals surface area contributed by atoms with Crippen molar-refractivity contribution in [2.75, 3.05) is 12.1 Å². The van der Waals surface area contributed by atoms with Gasteiger partial charge in [0.25, 0.3) is 0 Å². The van der Waals surface area contributed by atoms with E-state index in [1.165, 1.54) is 17.6 Å². The van der Waals surface area contributed by atoms with Crippen molar-refractivity contribution >= 4 is 27.6 Å². The Kier molecular flexibility index (Phi) is 8.23. The molecule has 0 amide bonds. The average molecular weight is 473 g/mol. The molecule has 0 radical (unpaired) electrons. The van der Waals surface area contributed by atoms with Crippen LogP contribution in [0.2, 0.25) is 0 Å². The first-order valence-electron chi connectivity index (χ1n) is 12.2. The number of hydrogen-bond donors (Lipinski definition) is 0. The molecule has 1 aromatic heterocycles. The summed E-state index contributed by atoms with van der Waals surface area (Å²) in [5.74, 6) is 0. The lowest BCUT2D eigenvalue weighted by Gasteiger charge is -2.56. The fraction of sp³-hybridized carbons (Fsp3) is 0.667. The summed E-state index contributed by atoms with van der Waals surface area (Å²) in [5, 5.41) is 6.05. The highest BCUT2D eigenvalue weighted by atomic mass is 31.1. The van der Waals surface area contributed by atoms with Crippen molar-refractivity contribution in [3.05, 3.63) is 48.8 Å². The Hall–Kier alpha value is -0.645. The lowest BCUT2D eigenvalue weighted by atomic mass is 9.34. The molecule has 0 fully saturated rings. The van der Waals surface area contributed by atoms with Crippen LogP contribution in [0.25, 0.3) is 0 Å². The summed E-state index contributed by atoms with van der Waals surface area (Å²) in [7, 11) is -0.568. The van der Waals surface area contributed by atoms with Gasteiger partial charge < -0.3 is 4.59 Å². The van der Waals surface area contributed by atoms with Crippen LogP contribution in [0.4, 0.5) is 0 Å². The molecule has 0 bridgehead atoms. The van der Waals surface area contributed by atoms with Gasteiger partial charge in [-0.1, -0.05) is 113 Å². The van der Waals surface area contributed by atoms with E-state index in [0.717, 1.165) is 0 Å². The number of hydrogen-bond acceptors (Lipinski definition) is 1. The van der Waals surface area contributed by atoms with Crippen LogP contribution in [-0.4, -0.2) is 48.7 Å². The first-order chi connectivity index (χ1) is 14.4. The molecule has 0 N–H and O–H groups in total. The molecule has 0 aliphatic carbocycles. The number of benzene rings is 1. The van der Waals surface area contributed by atoms with E-state index in [2.05, 4.69) is 130 Å². The second-order valence-electron chi connectivity index (χ2n) is 13.5. The number of nitrogens with zero attached hydrogens (tertiary/aromatic N) is 2. The van der Waals surface area contributed by atoms with Crippen molar-refractivity contribution in [2.45, 2.75) is 104 Å². The van der Waals surface area contributed by atoms with E-state index in [1.54, 1.807) is 0 Å². The van der Waals surface area contributed by atoms with Crippen molar-refractivity contribution in [1.29, 1.82) is 0 Å². The fourth-order valence-corrected chi connectivity index (χ4v) is 14.3. The van der Waals surface area contributed by atoms with Crippen LogP contribution in [-0.2, 0) is 0 Å². The molecule has 5 heteroatoms. The third kappa shape index (κ3) is 6.48. The number of aromatic nitrogens is 2. The zero-order valence-electron chi connectivity index (χ0n) is 22.9. The standard InChI is InChI=1S/C27H48BN2P2/c1-24(2,3)31(25(4,5)6)21-28(30-20-16-19-29-30,23-17-14-13-15-18-23)22-32(26(7,8)9)27(10,11)12/h13-20H,21-22H2,1-12H3/q-1. The highest BCUT2D eigenvalue weighted by Gasteiger charge is 2.45. The van der Waals surface area contributed by atoms with Crippen molar-refractivity contribution in [1.82, 2.24) is 9.69 Å². The Morgan fingerprint density at radius 1 is 0.656 bits per heavy atom. The Labute approximate surface area is 201 Å². The van der Waals surface area contributed by atoms with Crippen LogP contribution >= 0.6 is 15.8 Å². The predicted molar refractivity (Wildman–Crippen MR) is 152 cm³/mol. The van der Waals surface area contributed by atoms with Crippen molar-refractivity contribution in [2.24, 2.45) is 0 Å². The maximum Gasteiger partial charge on any atom is 0.148 e. The molecule has 32 heavy (non-hydrogen) atoms. The third-order valence-corrected chi connectivity index (χ3v) is 15.1. The quantitative estimate of drug-likeness (QED) is 0.309. The second kappa shape index (κ2) is 9.54. The van der Waals surface area contributed by atoms with Gasteiger partial charge in [-0.25, -0.2) is 5.10 Å². The Balaban J connectivity index is 2.83. The summed E-state index contributed by atoms with van der Waals surface area (Å²) in [6.07, 6.45) is 3.15. The molecule has 2 aromatic rings. The normalized spacial score (nSPS) is 14.4. The summed E-state index contributed by atoms with van der Waals surface area (Å²) in [6.45, 7) is 29.4. The molecule has 0 atom stereocenters. The zero-order valence-corrected chi connectivity index (χ0v) is 24.7. The molecular weight excluding hydrogens is 425 g/mol. The van der Waals surface area contributed by atoms with E-state index in [0.29, 0.717) is 0 Å². The van der Waals surface area contributed by atoms with Crippen LogP contribution in [0.15, 0.2) is 48.8 Å². The van der Waals surface area contributed by atoms with Crippen molar-refractivity contribution < 1.29 is 0 Å². The molecule has 0 saturated carbocycles. The van der Waals surface area contributed by atoms with E-state index in [9.17, 15) is 0 Å². The van der Waals surface area contributed by atoms with Gasteiger partial charge in [-0.2, -0.15) is 5.46 Å². The maximum absolute atomic E-state index is 4.96. The van der Waals surface area contributed by atoms with E-state index < -0.39 is 6.28 Å². The van der Waals surface area contributed by atoms with Gasteiger partial charge in [-0.15, -0.1) is 28.0 Å². The monoisotopic (exact) mass is 473 g/mol. The Morgan fingerprint density at radius 2 is 1.06 bits per heavy atom. The fourth-order valence-electron chi connectivity index (χ4n) is 5.68. The average Bonchev–Trinajstić information content (AvgIpc) is 3.13. The molecule has 0 unspecified atom stereocenters. The van der Waals surface area contributed by atoms with E-state index >= 15 is 0 Å². The molecule has 0 saturated heterocycles. The maximum atomic E-state index is 4.96. The van der Waals surface area contributed by atoms with Crippen LogP contribution < -0.4 is 5.46 Å². The molecule has 0 spiro atoms. The molecule has 180 valence electrons. The summed E-state index contributed by atoms with van der Waals surface area (Å²) < 4.78 is 2.38. The zero-order chi connectivity index (χ0) is 24.6. The SMILES string of the molecule is CC(C)(C)P(C[B-](CP(C(C)(C)C)C(C)(C)C)(c1ccccc1)n1cccn1)C(C)(C)C. The second-order valence-corrected chi connectivity index (χ2v) is 21.3. The molecule has 0 aliphatic heterocycles. The van der Waals surface area contributed by atoms with E-state index in [1.807, 2.05) is 6.20 Å². The van der Waals surface area contributed by atoms with E-state index in [4.69, 9.17) is 5.10 Å². The van der Waals surface area contributed by atoms with Crippen LogP contribution in [0.1, 0.15) is 83.1 Å². The van der Waals surface area contributed by atoms with Crippen molar-refractivity contribution in [3.63, 3.8) is 0 Å². The summed E-state index contributed by atoms with van der Waals surface area (Å²) in [6, 6.07) is 15.9. The summed E-state index contributed by atoms with van der Waals surface area (Å²) in [4.78, 5) is 0. The Morgan fingerprint density at radius 3 is 1.38 bits per heavy atom. The molecule has 0 aliphatic rings. The molecule has 2 rings (SSSR count). The summed E-state index contributed by atoms with van der Waals surface area (Å²) >= 11 is 0. The predicted octanol–water partition coefficient (Wildman–Crippen LogP) is 7.82. The van der Waals surface area contributed by atoms with Gasteiger partial charge in [-0.3, -0.25) is 0 Å². The van der Waals surface area contributed by atoms with Gasteiger partial charge in [-0.05, 0) is 32.9 Å². The molecular formula is C27H48BN2P2-. The van der Waals surface area contributed by atoms with E-state index in [-0.39, 0.29) is 36.5 Å². The minimum Gasteiger partial charge on any atom is -0.440 e. The lowest BCUT2D eigenvalue weighted by molar-refractivity contribution is 0.705. The van der Waals surface area contributed by atoms with Gasteiger partial charge in [0.2, 0.25) is 0 Å². The largest absolute Gasteiger partial charge is 0.440 e. The minimum absolute atomic E-state index is 0.273. The molecule has 1 heterocycles. The number of rotatable bonds is 6. The van der Waals surface area contributed by atoms with Gasteiger partial charge in [0.05, 0.1) is 0 Å². The smallest absolute Gasteiger partial charge is 0.148 e. The van der Waals surface area contributed by atoms with Gasteiger partial charge in [0.15, 0.2) is 0 Å². The third-order valence-electron chi connectivity index (χ3n) is 6.66. The van der Waals surface area contributed by atoms with Crippen LogP contribution in [0.5, 0.6) is 0 Å². The van der Waals surface area contributed by atoms with Gasteiger partial charge in [0.1, 0.15) is 6.28 Å². The Bertz CT molecular complexity index is 773. The van der Waals surface area contributed by atoms with Crippen LogP contribution in [0, 0.1) is 0 Å². The topological polar surface area (TPSA) is 17.8 Å². The lowest BCUT2D eigenvalue weighted by Crippen LogP contribution is -2.63. The highest BCUT2D eigenvalue weighted by molar-refractivity contribution is 7.67. The first-order valence-corrected chi connectivity index (χ1v) is 15.2. The van der Waals surface area contributed by atoms with Gasteiger partial charge >= 0.3 is 0 Å². The van der Waals surface area contributed by atoms with Crippen LogP contribution in [0.3, 0.4) is 0 Å². The summed E-state index contributed by atoms with van der Waals surface area (Å²) in [5.41, 5.74) is 1.47. The van der Waals surface area contributed by atoms with Gasteiger partial charge in [0, 0.05) is 6.20 Å². The first kappa shape index (κ1) is 27.6. The highest BCUT2D eigenvalue weighted by Crippen LogP contribution is 2.64. The minimum atomic E-state index is -1.07.